The highest BCUT2D eigenvalue weighted by Crippen LogP contribution is 2.23. The minimum atomic E-state index is -3.58. The summed E-state index contributed by atoms with van der Waals surface area (Å²) in [5.74, 6) is -3.06. The molecular weight excluding hydrogens is 751 g/mol. The molecule has 0 aliphatic carbocycles. The molecule has 0 fully saturated rings. The quantitative estimate of drug-likeness (QED) is 0.0406. The molecule has 0 spiro atoms. The van der Waals surface area contributed by atoms with Gasteiger partial charge in [0.05, 0.1) is 42.3 Å². The average Bonchev–Trinajstić information content (AvgIpc) is 3.14. The first-order valence-corrected chi connectivity index (χ1v) is 23.2. The predicted octanol–water partition coefficient (Wildman–Crippen LogP) is 2.09. The van der Waals surface area contributed by atoms with E-state index in [-0.39, 0.29) is 17.9 Å². The molecular formula is C35H65N3O12S3. The Morgan fingerprint density at radius 1 is 0.547 bits per heavy atom. The van der Waals surface area contributed by atoms with Crippen LogP contribution in [0.3, 0.4) is 0 Å². The molecule has 0 saturated heterocycles. The number of carbonyl (C=O) groups is 4. The van der Waals surface area contributed by atoms with Crippen LogP contribution in [-0.4, -0.2) is 175 Å². The first-order chi connectivity index (χ1) is 25.0. The predicted molar refractivity (Wildman–Crippen MR) is 208 cm³/mol. The topological polar surface area (TPSA) is 183 Å². The van der Waals surface area contributed by atoms with Crippen LogP contribution in [0.4, 0.5) is 0 Å². The summed E-state index contributed by atoms with van der Waals surface area (Å²) in [7, 11) is -7.17. The Balaban J connectivity index is 5.79. The minimum Gasteiger partial charge on any atom is -0.465 e. The third-order valence-corrected chi connectivity index (χ3v) is 12.9. The summed E-state index contributed by atoms with van der Waals surface area (Å²) in [6.45, 7) is 19.1. The smallest absolute Gasteiger partial charge is 0.330 e. The van der Waals surface area contributed by atoms with Crippen LogP contribution in [0.1, 0.15) is 60.8 Å². The molecule has 0 rings (SSSR count). The van der Waals surface area contributed by atoms with E-state index in [4.69, 9.17) is 18.9 Å². The van der Waals surface area contributed by atoms with Crippen molar-refractivity contribution in [3.63, 3.8) is 0 Å². The van der Waals surface area contributed by atoms with Gasteiger partial charge >= 0.3 is 23.9 Å². The number of sulfone groups is 2. The van der Waals surface area contributed by atoms with Gasteiger partial charge in [-0.2, -0.15) is 11.8 Å². The van der Waals surface area contributed by atoms with E-state index in [9.17, 15) is 36.0 Å². The number of nitrogens with zero attached hydrogens (tertiary/aromatic N) is 3. The maximum atomic E-state index is 12.8. The highest BCUT2D eigenvalue weighted by Gasteiger charge is 2.38. The number of rotatable bonds is 33. The lowest BCUT2D eigenvalue weighted by molar-refractivity contribution is -0.168. The maximum absolute atomic E-state index is 12.8. The van der Waals surface area contributed by atoms with Crippen molar-refractivity contribution >= 4 is 55.3 Å². The van der Waals surface area contributed by atoms with Crippen LogP contribution in [0.15, 0.2) is 12.7 Å². The van der Waals surface area contributed by atoms with Gasteiger partial charge in [-0.05, 0) is 39.3 Å². The Bertz CT molecular complexity index is 1230. The van der Waals surface area contributed by atoms with Crippen molar-refractivity contribution in [1.82, 2.24) is 14.7 Å². The summed E-state index contributed by atoms with van der Waals surface area (Å²) >= 11 is 1.58. The Kier molecular flexibility index (Phi) is 27.0. The van der Waals surface area contributed by atoms with E-state index in [2.05, 4.69) is 25.3 Å². The number of hydrogen-bond donors (Lipinski definition) is 0. The fraction of sp³-hybridized carbons (Fsp3) is 0.829. The Labute approximate surface area is 322 Å². The van der Waals surface area contributed by atoms with Crippen molar-refractivity contribution < 1.29 is 55.0 Å². The van der Waals surface area contributed by atoms with E-state index in [1.165, 1.54) is 0 Å². The third-order valence-electron chi connectivity index (χ3n) is 8.66. The molecule has 0 aromatic rings. The Morgan fingerprint density at radius 2 is 0.906 bits per heavy atom. The van der Waals surface area contributed by atoms with E-state index >= 15 is 0 Å². The van der Waals surface area contributed by atoms with Crippen LogP contribution in [0.2, 0.25) is 0 Å². The summed E-state index contributed by atoms with van der Waals surface area (Å²) in [5, 5.41) is 0. The molecule has 0 aromatic heterocycles. The van der Waals surface area contributed by atoms with Crippen molar-refractivity contribution in [1.29, 1.82) is 0 Å². The molecule has 0 aromatic carbocycles. The van der Waals surface area contributed by atoms with Gasteiger partial charge in [-0.25, -0.2) is 21.6 Å². The van der Waals surface area contributed by atoms with Gasteiger partial charge in [0.2, 0.25) is 0 Å². The molecule has 0 amide bonds. The van der Waals surface area contributed by atoms with Gasteiger partial charge in [0.1, 0.15) is 31.8 Å². The van der Waals surface area contributed by atoms with Crippen molar-refractivity contribution in [2.24, 2.45) is 5.41 Å². The second-order valence-electron chi connectivity index (χ2n) is 12.5. The van der Waals surface area contributed by atoms with Crippen molar-refractivity contribution in [3.8, 4) is 0 Å². The first-order valence-electron chi connectivity index (χ1n) is 18.4. The van der Waals surface area contributed by atoms with Gasteiger partial charge in [0.25, 0.3) is 0 Å². The summed E-state index contributed by atoms with van der Waals surface area (Å²) in [5.41, 5.74) is -1.60. The number of esters is 4. The number of ether oxygens (including phenoxy) is 4. The van der Waals surface area contributed by atoms with E-state index in [1.54, 1.807) is 11.8 Å². The summed E-state index contributed by atoms with van der Waals surface area (Å²) in [4.78, 5) is 56.6. The van der Waals surface area contributed by atoms with E-state index in [0.29, 0.717) is 45.0 Å². The van der Waals surface area contributed by atoms with Gasteiger partial charge in [-0.15, -0.1) is 0 Å². The fourth-order valence-corrected chi connectivity index (χ4v) is 8.08. The van der Waals surface area contributed by atoms with Gasteiger partial charge in [-0.1, -0.05) is 48.1 Å². The number of hydrogen-bond acceptors (Lipinski definition) is 16. The van der Waals surface area contributed by atoms with E-state index in [0.717, 1.165) is 31.5 Å². The number of carbonyl (C=O) groups excluding carboxylic acids is 4. The molecule has 310 valence electrons. The van der Waals surface area contributed by atoms with Crippen LogP contribution in [0, 0.1) is 5.41 Å². The normalized spacial score (nSPS) is 12.2. The van der Waals surface area contributed by atoms with Crippen LogP contribution >= 0.6 is 11.8 Å². The average molecular weight is 816 g/mol. The lowest BCUT2D eigenvalue weighted by Gasteiger charge is -2.31. The third kappa shape index (κ3) is 24.7. The summed E-state index contributed by atoms with van der Waals surface area (Å²) in [6.07, 6.45) is 0.0373. The molecule has 15 nitrogen and oxygen atoms in total. The van der Waals surface area contributed by atoms with Crippen LogP contribution in [-0.2, 0) is 57.8 Å². The monoisotopic (exact) mass is 815 g/mol. The van der Waals surface area contributed by atoms with Crippen molar-refractivity contribution in [3.05, 3.63) is 12.7 Å². The molecule has 0 bridgehead atoms. The molecule has 0 aliphatic rings. The maximum Gasteiger partial charge on any atom is 0.330 e. The number of thioether (sulfide) groups is 1. The standard InChI is InChI=1S/C35H65N3O12S3/c1-8-31(39)47-27-35(28-48-32(40)15-21-51-22-18-36(9-2)10-3,29-49-33(41)16-23-52(43,44)25-19-37(11-4)12-5)30-50-34(42)17-24-53(45,46)26-20-38(13-6)14-7/h8H,1,9-30H2,2-7H3. The van der Waals surface area contributed by atoms with Crippen molar-refractivity contribution in [2.45, 2.75) is 60.8 Å². The molecule has 0 atom stereocenters. The fourth-order valence-electron chi connectivity index (χ4n) is 4.74. The highest BCUT2D eigenvalue weighted by atomic mass is 32.2. The van der Waals surface area contributed by atoms with Gasteiger partial charge in [0.15, 0.2) is 19.7 Å². The zero-order chi connectivity index (χ0) is 40.3. The second-order valence-corrected chi connectivity index (χ2v) is 18.4. The SMILES string of the molecule is C=CC(=O)OCC(COC(=O)CCSCCN(CC)CC)(COC(=O)CCS(=O)(=O)CCN(CC)CC)COC(=O)CCS(=O)(=O)CCN(CC)CC. The minimum absolute atomic E-state index is 0.0573. The second kappa shape index (κ2) is 28.2. The first kappa shape index (κ1) is 50.8. The molecule has 53 heavy (non-hydrogen) atoms. The van der Waals surface area contributed by atoms with Gasteiger partial charge in [-0.3, -0.25) is 14.4 Å². The van der Waals surface area contributed by atoms with E-state index < -0.39 is 99.7 Å². The van der Waals surface area contributed by atoms with Crippen LogP contribution in [0.25, 0.3) is 0 Å². The van der Waals surface area contributed by atoms with Gasteiger partial charge in [0, 0.05) is 37.2 Å². The largest absolute Gasteiger partial charge is 0.465 e. The van der Waals surface area contributed by atoms with Crippen molar-refractivity contribution in [2.75, 3.05) is 120 Å². The van der Waals surface area contributed by atoms with Gasteiger partial charge < -0.3 is 33.6 Å². The van der Waals surface area contributed by atoms with E-state index in [1.807, 2.05) is 37.5 Å². The summed E-state index contributed by atoms with van der Waals surface area (Å²) < 4.78 is 72.0. The van der Waals surface area contributed by atoms with Crippen LogP contribution in [0.5, 0.6) is 0 Å². The summed E-state index contributed by atoms with van der Waals surface area (Å²) in [6, 6.07) is 0. The highest BCUT2D eigenvalue weighted by molar-refractivity contribution is 7.99. The lowest BCUT2D eigenvalue weighted by atomic mass is 9.92. The molecule has 0 saturated carbocycles. The molecule has 0 heterocycles. The molecule has 0 unspecified atom stereocenters. The molecule has 0 aliphatic heterocycles. The molecule has 18 heteroatoms. The Hall–Kier alpha value is -2.25. The van der Waals surface area contributed by atoms with Crippen LogP contribution < -0.4 is 0 Å². The zero-order valence-corrected chi connectivity index (χ0v) is 35.3. The zero-order valence-electron chi connectivity index (χ0n) is 32.8. The lowest BCUT2D eigenvalue weighted by Crippen LogP contribution is -2.44. The Morgan fingerprint density at radius 3 is 1.28 bits per heavy atom. The molecule has 0 N–H and O–H groups in total. The molecule has 0 radical (unpaired) electrons.